The molecule has 1 atom stereocenters. The van der Waals surface area contributed by atoms with E-state index in [1.807, 2.05) is 49.4 Å². The van der Waals surface area contributed by atoms with Crippen LogP contribution in [0.4, 0.5) is 0 Å². The second-order valence-electron chi connectivity index (χ2n) is 9.49. The number of rotatable bonds is 9. The highest BCUT2D eigenvalue weighted by molar-refractivity contribution is 7.07. The zero-order valence-corrected chi connectivity index (χ0v) is 26.6. The summed E-state index contributed by atoms with van der Waals surface area (Å²) in [6, 6.07) is 17.1. The van der Waals surface area contributed by atoms with Crippen molar-refractivity contribution in [1.29, 1.82) is 0 Å². The second-order valence-corrected chi connectivity index (χ2v) is 11.8. The van der Waals surface area contributed by atoms with E-state index in [0.717, 1.165) is 5.56 Å². The molecular formula is C32H27Cl3N2O5S. The molecule has 43 heavy (non-hydrogen) atoms. The van der Waals surface area contributed by atoms with Crippen LogP contribution in [-0.2, 0) is 16.1 Å². The monoisotopic (exact) mass is 656 g/mol. The Balaban J connectivity index is 1.64. The van der Waals surface area contributed by atoms with Crippen LogP contribution < -0.4 is 24.4 Å². The van der Waals surface area contributed by atoms with E-state index in [2.05, 4.69) is 4.99 Å². The molecule has 0 aliphatic carbocycles. The van der Waals surface area contributed by atoms with Gasteiger partial charge in [-0.05, 0) is 62.7 Å². The Hall–Kier alpha value is -3.56. The Morgan fingerprint density at radius 2 is 1.74 bits per heavy atom. The van der Waals surface area contributed by atoms with Gasteiger partial charge in [-0.1, -0.05) is 76.5 Å². The summed E-state index contributed by atoms with van der Waals surface area (Å²) in [5.41, 5.74) is 2.42. The molecule has 0 N–H and O–H groups in total. The molecule has 5 rings (SSSR count). The van der Waals surface area contributed by atoms with Crippen molar-refractivity contribution >= 4 is 58.2 Å². The molecule has 0 fully saturated rings. The minimum absolute atomic E-state index is 0.156. The summed E-state index contributed by atoms with van der Waals surface area (Å²) in [7, 11) is 0. The van der Waals surface area contributed by atoms with Gasteiger partial charge in [0.05, 0.1) is 40.1 Å². The highest BCUT2D eigenvalue weighted by Crippen LogP contribution is 2.35. The van der Waals surface area contributed by atoms with Gasteiger partial charge in [0.25, 0.3) is 5.56 Å². The van der Waals surface area contributed by atoms with Crippen LogP contribution in [0.3, 0.4) is 0 Å². The molecule has 0 saturated heterocycles. The van der Waals surface area contributed by atoms with Crippen LogP contribution in [-0.4, -0.2) is 23.8 Å². The molecule has 3 aromatic carbocycles. The van der Waals surface area contributed by atoms with Crippen molar-refractivity contribution in [1.82, 2.24) is 4.57 Å². The van der Waals surface area contributed by atoms with Crippen molar-refractivity contribution in [2.24, 2.45) is 4.99 Å². The minimum Gasteiger partial charge on any atom is -0.494 e. The fourth-order valence-corrected chi connectivity index (χ4v) is 6.56. The Morgan fingerprint density at radius 1 is 1.00 bits per heavy atom. The lowest BCUT2D eigenvalue weighted by Crippen LogP contribution is -2.39. The predicted molar refractivity (Wildman–Crippen MR) is 170 cm³/mol. The lowest BCUT2D eigenvalue weighted by molar-refractivity contribution is -0.139. The molecule has 1 aliphatic heterocycles. The SMILES string of the molecule is CCOC(=O)C1=C(C)N=c2s/c(=C\c3cc(Cl)cc(Cl)c3OCc3ccccc3Cl)c(=O)n2[C@H]1c1ccc(OCC)cc1. The number of hydrogen-bond acceptors (Lipinski definition) is 7. The summed E-state index contributed by atoms with van der Waals surface area (Å²) in [6.07, 6.45) is 1.67. The molecule has 4 aromatic rings. The van der Waals surface area contributed by atoms with Crippen molar-refractivity contribution in [2.45, 2.75) is 33.4 Å². The van der Waals surface area contributed by atoms with Gasteiger partial charge in [0, 0.05) is 21.2 Å². The number of nitrogens with zero attached hydrogens (tertiary/aromatic N) is 2. The number of carbonyl (C=O) groups excluding carboxylic acids is 1. The van der Waals surface area contributed by atoms with Crippen molar-refractivity contribution in [3.8, 4) is 11.5 Å². The fourth-order valence-electron chi connectivity index (χ4n) is 4.77. The number of benzene rings is 3. The lowest BCUT2D eigenvalue weighted by Gasteiger charge is -2.24. The van der Waals surface area contributed by atoms with Crippen LogP contribution in [0.1, 0.15) is 43.5 Å². The number of ether oxygens (including phenoxy) is 3. The van der Waals surface area contributed by atoms with Gasteiger partial charge in [0.15, 0.2) is 4.80 Å². The molecule has 0 radical (unpaired) electrons. The van der Waals surface area contributed by atoms with E-state index in [4.69, 9.17) is 49.0 Å². The van der Waals surface area contributed by atoms with E-state index in [9.17, 15) is 9.59 Å². The first-order valence-corrected chi connectivity index (χ1v) is 15.4. The number of esters is 1. The fraction of sp³-hybridized carbons (Fsp3) is 0.219. The summed E-state index contributed by atoms with van der Waals surface area (Å²) in [5, 5.41) is 1.22. The van der Waals surface area contributed by atoms with Gasteiger partial charge in [0.2, 0.25) is 0 Å². The quantitative estimate of drug-likeness (QED) is 0.187. The standard InChI is InChI=1S/C32H27Cl3N2O5S/c1-4-40-23-12-10-19(11-13-23)28-27(31(39)41-5-2)18(3)36-32-37(28)30(38)26(43-32)15-21-14-22(33)16-25(35)29(21)42-17-20-8-6-7-9-24(20)34/h6-16,28H,4-5,17H2,1-3H3/b26-15-/t28-/m0/s1. The van der Waals surface area contributed by atoms with Crippen molar-refractivity contribution in [2.75, 3.05) is 13.2 Å². The second kappa shape index (κ2) is 13.4. The van der Waals surface area contributed by atoms with E-state index < -0.39 is 12.0 Å². The largest absolute Gasteiger partial charge is 0.494 e. The van der Waals surface area contributed by atoms with Crippen LogP contribution in [0.2, 0.25) is 15.1 Å². The molecule has 1 aliphatic rings. The minimum atomic E-state index is -0.757. The summed E-state index contributed by atoms with van der Waals surface area (Å²) in [6.45, 7) is 6.22. The van der Waals surface area contributed by atoms with Crippen molar-refractivity contribution < 1.29 is 19.0 Å². The molecule has 2 heterocycles. The maximum Gasteiger partial charge on any atom is 0.338 e. The summed E-state index contributed by atoms with van der Waals surface area (Å²) in [5.74, 6) is 0.497. The van der Waals surface area contributed by atoms with Crippen LogP contribution >= 0.6 is 46.1 Å². The molecule has 0 amide bonds. The third-order valence-electron chi connectivity index (χ3n) is 6.68. The Labute approximate surface area is 267 Å². The van der Waals surface area contributed by atoms with Gasteiger partial charge in [-0.2, -0.15) is 0 Å². The first kappa shape index (κ1) is 30.9. The average Bonchev–Trinajstić information content (AvgIpc) is 3.27. The van der Waals surface area contributed by atoms with Crippen LogP contribution in [0.15, 0.2) is 81.7 Å². The average molecular weight is 658 g/mol. The Morgan fingerprint density at radius 3 is 2.44 bits per heavy atom. The van der Waals surface area contributed by atoms with Crippen molar-refractivity contribution in [3.63, 3.8) is 0 Å². The van der Waals surface area contributed by atoms with E-state index in [0.29, 0.717) is 59.9 Å². The van der Waals surface area contributed by atoms with Gasteiger partial charge >= 0.3 is 5.97 Å². The van der Waals surface area contributed by atoms with Gasteiger partial charge < -0.3 is 14.2 Å². The molecule has 0 bridgehead atoms. The smallest absolute Gasteiger partial charge is 0.338 e. The Bertz CT molecular complexity index is 1900. The van der Waals surface area contributed by atoms with Gasteiger partial charge in [0.1, 0.15) is 18.1 Å². The molecule has 0 saturated carbocycles. The molecule has 1 aromatic heterocycles. The van der Waals surface area contributed by atoms with Gasteiger partial charge in [-0.15, -0.1) is 0 Å². The molecule has 11 heteroatoms. The number of aromatic nitrogens is 1. The van der Waals surface area contributed by atoms with Crippen molar-refractivity contribution in [3.05, 3.63) is 123 Å². The maximum atomic E-state index is 14.1. The molecular weight excluding hydrogens is 631 g/mol. The molecule has 0 unspecified atom stereocenters. The lowest BCUT2D eigenvalue weighted by atomic mass is 9.96. The summed E-state index contributed by atoms with van der Waals surface area (Å²) < 4.78 is 19.0. The van der Waals surface area contributed by atoms with Gasteiger partial charge in [-0.3, -0.25) is 9.36 Å². The highest BCUT2D eigenvalue weighted by atomic mass is 35.5. The zero-order chi connectivity index (χ0) is 30.7. The number of halogens is 3. The van der Waals surface area contributed by atoms with E-state index in [-0.39, 0.29) is 23.8 Å². The zero-order valence-electron chi connectivity index (χ0n) is 23.5. The van der Waals surface area contributed by atoms with E-state index in [1.165, 1.54) is 15.9 Å². The maximum absolute atomic E-state index is 14.1. The number of allylic oxidation sites excluding steroid dienone is 1. The third-order valence-corrected chi connectivity index (χ3v) is 8.53. The first-order chi connectivity index (χ1) is 20.7. The van der Waals surface area contributed by atoms with E-state index >= 15 is 0 Å². The highest BCUT2D eigenvalue weighted by Gasteiger charge is 2.33. The number of thiazole rings is 1. The third kappa shape index (κ3) is 6.53. The summed E-state index contributed by atoms with van der Waals surface area (Å²) >= 11 is 20.4. The molecule has 222 valence electrons. The number of fused-ring (bicyclic) bond motifs is 1. The van der Waals surface area contributed by atoms with Crippen LogP contribution in [0.25, 0.3) is 6.08 Å². The van der Waals surface area contributed by atoms with Crippen LogP contribution in [0.5, 0.6) is 11.5 Å². The van der Waals surface area contributed by atoms with E-state index in [1.54, 1.807) is 38.1 Å². The van der Waals surface area contributed by atoms with Gasteiger partial charge in [-0.25, -0.2) is 9.79 Å². The number of carbonyl (C=O) groups is 1. The predicted octanol–water partition coefficient (Wildman–Crippen LogP) is 6.74. The van der Waals surface area contributed by atoms with Crippen LogP contribution in [0, 0.1) is 0 Å². The molecule has 0 spiro atoms. The number of hydrogen-bond donors (Lipinski definition) is 0. The molecule has 7 nitrogen and oxygen atoms in total. The normalized spacial score (nSPS) is 14.7. The summed E-state index contributed by atoms with van der Waals surface area (Å²) in [4.78, 5) is 32.3. The topological polar surface area (TPSA) is 79.1 Å². The first-order valence-electron chi connectivity index (χ1n) is 13.5. The Kier molecular flexibility index (Phi) is 9.62.